The Balaban J connectivity index is 1.35. The Bertz CT molecular complexity index is 1360. The van der Waals surface area contributed by atoms with Gasteiger partial charge in [0.1, 0.15) is 16.4 Å². The number of H-pyrrole nitrogens is 1. The first kappa shape index (κ1) is 27.4. The number of nitrogens with one attached hydrogen (secondary N) is 3. The summed E-state index contributed by atoms with van der Waals surface area (Å²) < 4.78 is 31.6. The van der Waals surface area contributed by atoms with Crippen molar-refractivity contribution in [1.82, 2.24) is 30.5 Å². The van der Waals surface area contributed by atoms with Crippen LogP contribution in [0.3, 0.4) is 0 Å². The zero-order valence-corrected chi connectivity index (χ0v) is 22.4. The van der Waals surface area contributed by atoms with E-state index < -0.39 is 35.9 Å². The molecule has 0 unspecified atom stereocenters. The summed E-state index contributed by atoms with van der Waals surface area (Å²) in [7, 11) is 0. The van der Waals surface area contributed by atoms with E-state index in [4.69, 9.17) is 27.9 Å². The van der Waals surface area contributed by atoms with Crippen LogP contribution < -0.4 is 10.6 Å². The molecular weight excluding hydrogens is 553 g/mol. The van der Waals surface area contributed by atoms with Crippen molar-refractivity contribution >= 4 is 35.0 Å². The van der Waals surface area contributed by atoms with Crippen LogP contribution in [-0.2, 0) is 22.6 Å². The van der Waals surface area contributed by atoms with Crippen molar-refractivity contribution in [1.29, 1.82) is 0 Å². The van der Waals surface area contributed by atoms with Crippen LogP contribution in [0.2, 0.25) is 10.2 Å². The molecule has 0 saturated carbocycles. The number of halogens is 4. The molecule has 9 nitrogen and oxygen atoms in total. The number of rotatable bonds is 8. The maximum Gasteiger partial charge on any atom is 0.268 e. The maximum atomic E-state index is 13.8. The van der Waals surface area contributed by atoms with E-state index in [9.17, 15) is 18.4 Å². The number of ether oxygens (including phenoxy) is 1. The van der Waals surface area contributed by atoms with Crippen molar-refractivity contribution in [3.8, 4) is 0 Å². The molecule has 3 aromatic rings. The van der Waals surface area contributed by atoms with E-state index in [1.54, 1.807) is 18.0 Å². The number of carbonyl (C=O) groups excluding carboxylic acids is 2. The van der Waals surface area contributed by atoms with E-state index in [0.29, 0.717) is 18.1 Å². The van der Waals surface area contributed by atoms with Crippen LogP contribution in [0.15, 0.2) is 42.6 Å². The number of nitrogens with zero attached hydrogens (tertiary/aromatic N) is 3. The molecule has 2 amide bonds. The first-order valence-electron chi connectivity index (χ1n) is 12.3. The van der Waals surface area contributed by atoms with Crippen molar-refractivity contribution in [2.75, 3.05) is 13.2 Å². The van der Waals surface area contributed by atoms with Gasteiger partial charge in [0.2, 0.25) is 5.91 Å². The number of aromatic nitrogens is 3. The third kappa shape index (κ3) is 5.91. The molecule has 0 bridgehead atoms. The second-order valence-electron chi connectivity index (χ2n) is 9.75. The Labute approximate surface area is 233 Å². The number of benzene rings is 1. The van der Waals surface area contributed by atoms with Gasteiger partial charge in [-0.05, 0) is 18.6 Å². The zero-order valence-electron chi connectivity index (χ0n) is 20.9. The average molecular weight is 579 g/mol. The number of hydrogen-bond acceptors (Lipinski definition) is 6. The van der Waals surface area contributed by atoms with Crippen LogP contribution in [0.4, 0.5) is 8.78 Å². The summed E-state index contributed by atoms with van der Waals surface area (Å²) in [5.41, 5.74) is 0.985. The first-order valence-corrected chi connectivity index (χ1v) is 13.1. The lowest BCUT2D eigenvalue weighted by molar-refractivity contribution is -0.128. The van der Waals surface area contributed by atoms with Gasteiger partial charge in [-0.25, -0.2) is 18.7 Å². The van der Waals surface area contributed by atoms with Crippen LogP contribution >= 0.6 is 23.2 Å². The van der Waals surface area contributed by atoms with E-state index in [2.05, 4.69) is 25.6 Å². The normalized spacial score (nSPS) is 21.6. The van der Waals surface area contributed by atoms with Crippen molar-refractivity contribution < 1.29 is 23.1 Å². The minimum atomic E-state index is -2.44. The summed E-state index contributed by atoms with van der Waals surface area (Å²) in [4.78, 5) is 40.1. The number of amides is 2. The zero-order chi connectivity index (χ0) is 27.7. The lowest BCUT2D eigenvalue weighted by atomic mass is 9.91. The SMILES string of the molecule is C[C@H](NC(=O)[C@]1(NC(=O)c2cc(Cl)c(Cl)[nH]2)CO[C@H](c2ccccc2)C1)c1ncc2c(n1)CN(CC(F)F)C2. The van der Waals surface area contributed by atoms with E-state index in [0.717, 1.165) is 11.1 Å². The molecule has 4 heterocycles. The maximum absolute atomic E-state index is 13.8. The summed E-state index contributed by atoms with van der Waals surface area (Å²) in [6, 6.07) is 10.2. The molecule has 2 aliphatic heterocycles. The molecule has 5 rings (SSSR count). The number of carbonyl (C=O) groups is 2. The van der Waals surface area contributed by atoms with E-state index in [1.165, 1.54) is 6.07 Å². The predicted octanol–water partition coefficient (Wildman–Crippen LogP) is 4.20. The summed E-state index contributed by atoms with van der Waals surface area (Å²) in [5.74, 6) is -0.713. The molecule has 1 fully saturated rings. The quantitative estimate of drug-likeness (QED) is 0.369. The standard InChI is InChI=1S/C26H26Cl2F2N6O3/c1-14(23-31-9-16-10-36(12-21(29)30)11-19(16)34-23)32-25(38)26(35-24(37)18-7-17(27)22(28)33-18)8-20(39-13-26)15-5-3-2-4-6-15/h2-7,9,14,20-21,33H,8,10-13H2,1H3,(H,32,38)(H,35,37)/t14-,20-,26+/m0/s1. The molecular formula is C26H26Cl2F2N6O3. The Morgan fingerprint density at radius 3 is 2.72 bits per heavy atom. The van der Waals surface area contributed by atoms with Crippen LogP contribution in [0.5, 0.6) is 0 Å². The van der Waals surface area contributed by atoms with Gasteiger partial charge in [-0.2, -0.15) is 0 Å². The Morgan fingerprint density at radius 2 is 2.03 bits per heavy atom. The molecule has 39 heavy (non-hydrogen) atoms. The monoisotopic (exact) mass is 578 g/mol. The fourth-order valence-corrected chi connectivity index (χ4v) is 5.15. The van der Waals surface area contributed by atoms with Crippen LogP contribution in [-0.4, -0.2) is 56.8 Å². The van der Waals surface area contributed by atoms with Gasteiger partial charge >= 0.3 is 0 Å². The summed E-state index contributed by atoms with van der Waals surface area (Å²) in [6.07, 6.45) is -1.09. The molecule has 1 aromatic carbocycles. The predicted molar refractivity (Wildman–Crippen MR) is 139 cm³/mol. The second-order valence-corrected chi connectivity index (χ2v) is 10.5. The number of fused-ring (bicyclic) bond motifs is 1. The van der Waals surface area contributed by atoms with E-state index in [-0.39, 0.29) is 42.0 Å². The van der Waals surface area contributed by atoms with Crippen molar-refractivity contribution in [3.05, 3.63) is 81.1 Å². The summed E-state index contributed by atoms with van der Waals surface area (Å²) >= 11 is 12.0. The van der Waals surface area contributed by atoms with E-state index >= 15 is 0 Å². The minimum Gasteiger partial charge on any atom is -0.370 e. The molecule has 0 aliphatic carbocycles. The molecule has 0 spiro atoms. The Morgan fingerprint density at radius 1 is 1.26 bits per heavy atom. The molecule has 13 heteroatoms. The first-order chi connectivity index (χ1) is 18.6. The highest BCUT2D eigenvalue weighted by Crippen LogP contribution is 2.36. The van der Waals surface area contributed by atoms with Gasteiger partial charge in [-0.3, -0.25) is 14.5 Å². The molecule has 3 N–H and O–H groups in total. The smallest absolute Gasteiger partial charge is 0.268 e. The third-order valence-electron chi connectivity index (χ3n) is 6.86. The highest BCUT2D eigenvalue weighted by Gasteiger charge is 2.49. The Hall–Kier alpha value is -3.12. The van der Waals surface area contributed by atoms with Gasteiger partial charge in [0.15, 0.2) is 5.82 Å². The van der Waals surface area contributed by atoms with Crippen molar-refractivity contribution in [3.63, 3.8) is 0 Å². The van der Waals surface area contributed by atoms with Crippen molar-refractivity contribution in [2.45, 2.75) is 50.5 Å². The highest BCUT2D eigenvalue weighted by atomic mass is 35.5. The van der Waals surface area contributed by atoms with Gasteiger partial charge in [-0.1, -0.05) is 53.5 Å². The van der Waals surface area contributed by atoms with Crippen molar-refractivity contribution in [2.24, 2.45) is 0 Å². The lowest BCUT2D eigenvalue weighted by Gasteiger charge is -2.29. The van der Waals surface area contributed by atoms with Crippen LogP contribution in [0.25, 0.3) is 0 Å². The largest absolute Gasteiger partial charge is 0.370 e. The molecule has 2 aromatic heterocycles. The number of aromatic amines is 1. The summed E-state index contributed by atoms with van der Waals surface area (Å²) in [6.45, 7) is 1.92. The Kier molecular flexibility index (Phi) is 7.86. The van der Waals surface area contributed by atoms with E-state index in [1.807, 2.05) is 30.3 Å². The van der Waals surface area contributed by atoms with Gasteiger partial charge in [0.05, 0.1) is 36.0 Å². The fourth-order valence-electron chi connectivity index (χ4n) is 4.84. The average Bonchev–Trinajstić information content (AvgIpc) is 3.61. The van der Waals surface area contributed by atoms with Gasteiger partial charge in [0.25, 0.3) is 12.3 Å². The molecule has 2 aliphatic rings. The fraction of sp³-hybridized carbons (Fsp3) is 0.385. The van der Waals surface area contributed by atoms with Crippen LogP contribution in [0.1, 0.15) is 58.6 Å². The summed E-state index contributed by atoms with van der Waals surface area (Å²) in [5, 5.41) is 6.02. The third-order valence-corrected chi connectivity index (χ3v) is 7.56. The van der Waals surface area contributed by atoms with Gasteiger partial charge < -0.3 is 20.4 Å². The number of alkyl halides is 2. The minimum absolute atomic E-state index is 0.0767. The molecule has 3 atom stereocenters. The van der Waals surface area contributed by atoms with Gasteiger partial charge in [-0.15, -0.1) is 0 Å². The van der Waals surface area contributed by atoms with Crippen LogP contribution in [0, 0.1) is 0 Å². The topological polar surface area (TPSA) is 112 Å². The molecule has 1 saturated heterocycles. The number of hydrogen-bond donors (Lipinski definition) is 3. The molecule has 206 valence electrons. The highest BCUT2D eigenvalue weighted by molar-refractivity contribution is 6.41. The van der Waals surface area contributed by atoms with Gasteiger partial charge in [0, 0.05) is 31.3 Å². The second kappa shape index (κ2) is 11.2. The lowest BCUT2D eigenvalue weighted by Crippen LogP contribution is -2.59. The molecule has 0 radical (unpaired) electrons.